The van der Waals surface area contributed by atoms with Crippen LogP contribution in [0, 0.1) is 19.8 Å². The topological polar surface area (TPSA) is 91.0 Å². The maximum atomic E-state index is 12.3. The third-order valence-electron chi connectivity index (χ3n) is 6.08. The predicted octanol–water partition coefficient (Wildman–Crippen LogP) is 3.48. The average Bonchev–Trinajstić information content (AvgIpc) is 3.05. The minimum absolute atomic E-state index is 0.0737. The summed E-state index contributed by atoms with van der Waals surface area (Å²) in [5.74, 6) is 2.27. The molecule has 0 saturated carbocycles. The number of hydrogen-bond acceptors (Lipinski definition) is 6. The molecule has 0 aliphatic carbocycles. The largest absolute Gasteiger partial charge is 0.357 e. The number of nitrogens with one attached hydrogen (secondary N) is 2. The summed E-state index contributed by atoms with van der Waals surface area (Å²) >= 11 is 1.52. The molecule has 4 rings (SSSR count). The molecule has 164 valence electrons. The molecule has 1 amide bonds. The minimum Gasteiger partial charge on any atom is -0.357 e. The molecule has 0 spiro atoms. The second-order valence-corrected chi connectivity index (χ2v) is 9.65. The van der Waals surface area contributed by atoms with Crippen molar-refractivity contribution in [1.82, 2.24) is 20.3 Å². The molecule has 8 heteroatoms. The van der Waals surface area contributed by atoms with Crippen molar-refractivity contribution < 1.29 is 4.79 Å². The van der Waals surface area contributed by atoms with Gasteiger partial charge < -0.3 is 15.2 Å². The van der Waals surface area contributed by atoms with Crippen molar-refractivity contribution >= 4 is 33.3 Å². The number of aromatic amines is 1. The van der Waals surface area contributed by atoms with Crippen molar-refractivity contribution in [3.63, 3.8) is 0 Å². The number of amides is 1. The van der Waals surface area contributed by atoms with Crippen LogP contribution in [-0.2, 0) is 17.8 Å². The molecule has 0 unspecified atom stereocenters. The highest BCUT2D eigenvalue weighted by Gasteiger charge is 2.17. The maximum Gasteiger partial charge on any atom is 0.259 e. The quantitative estimate of drug-likeness (QED) is 0.614. The van der Waals surface area contributed by atoms with Gasteiger partial charge in [0.25, 0.3) is 5.56 Å². The van der Waals surface area contributed by atoms with E-state index in [1.807, 2.05) is 32.2 Å². The summed E-state index contributed by atoms with van der Waals surface area (Å²) in [6.45, 7) is 8.77. The first kappa shape index (κ1) is 21.5. The van der Waals surface area contributed by atoms with Gasteiger partial charge in [-0.2, -0.15) is 0 Å². The fourth-order valence-corrected chi connectivity index (χ4v) is 4.93. The van der Waals surface area contributed by atoms with Crippen molar-refractivity contribution in [2.24, 2.45) is 5.92 Å². The molecule has 0 bridgehead atoms. The highest BCUT2D eigenvalue weighted by molar-refractivity contribution is 7.18. The van der Waals surface area contributed by atoms with Gasteiger partial charge >= 0.3 is 0 Å². The molecule has 1 aliphatic rings. The Hall–Kier alpha value is -2.74. The molecule has 7 nitrogen and oxygen atoms in total. The zero-order valence-electron chi connectivity index (χ0n) is 18.3. The number of rotatable bonds is 6. The average molecular weight is 440 g/mol. The lowest BCUT2D eigenvalue weighted by atomic mass is 9.99. The van der Waals surface area contributed by atoms with E-state index in [0.29, 0.717) is 24.2 Å². The normalized spacial score (nSPS) is 14.9. The zero-order valence-corrected chi connectivity index (χ0v) is 19.1. The van der Waals surface area contributed by atoms with Crippen LogP contribution in [0.2, 0.25) is 0 Å². The third kappa shape index (κ3) is 4.95. The molecule has 1 saturated heterocycles. The van der Waals surface area contributed by atoms with Gasteiger partial charge in [-0.05, 0) is 49.8 Å². The Labute approximate surface area is 185 Å². The first-order chi connectivity index (χ1) is 14.9. The van der Waals surface area contributed by atoms with Crippen LogP contribution in [-0.4, -0.2) is 33.9 Å². The molecule has 0 atom stereocenters. The van der Waals surface area contributed by atoms with E-state index in [0.717, 1.165) is 45.7 Å². The number of fused-ring (bicyclic) bond motifs is 1. The van der Waals surface area contributed by atoms with Crippen LogP contribution in [0.1, 0.15) is 48.0 Å². The number of aryl methyl sites for hydroxylation is 3. The van der Waals surface area contributed by atoms with Crippen LogP contribution in [0.25, 0.3) is 10.2 Å². The van der Waals surface area contributed by atoms with Crippen molar-refractivity contribution in [3.8, 4) is 0 Å². The summed E-state index contributed by atoms with van der Waals surface area (Å²) in [6.07, 6.45) is 4.92. The fourth-order valence-electron chi connectivity index (χ4n) is 3.88. The molecule has 1 fully saturated rings. The number of anilines is 1. The summed E-state index contributed by atoms with van der Waals surface area (Å²) in [5, 5.41) is 3.59. The standard InChI is InChI=1S/C23H29N5O2S/c1-14-8-10-28(11-9-14)19-6-4-17(12-24-19)13-25-20(29)7-5-18-26-22(30)21-15(2)16(3)31-23(21)27-18/h4,6,12,14H,5,7-11,13H2,1-3H3,(H,25,29)(H,26,27,30). The van der Waals surface area contributed by atoms with Gasteiger partial charge in [-0.25, -0.2) is 9.97 Å². The van der Waals surface area contributed by atoms with E-state index in [2.05, 4.69) is 32.1 Å². The van der Waals surface area contributed by atoms with E-state index < -0.39 is 0 Å². The Morgan fingerprint density at radius 1 is 1.29 bits per heavy atom. The fraction of sp³-hybridized carbons (Fsp3) is 0.478. The monoisotopic (exact) mass is 439 g/mol. The summed E-state index contributed by atoms with van der Waals surface area (Å²) in [6, 6.07) is 4.06. The molecule has 31 heavy (non-hydrogen) atoms. The summed E-state index contributed by atoms with van der Waals surface area (Å²) < 4.78 is 0. The zero-order chi connectivity index (χ0) is 22.0. The van der Waals surface area contributed by atoms with Gasteiger partial charge in [-0.1, -0.05) is 13.0 Å². The van der Waals surface area contributed by atoms with Crippen LogP contribution in [0.15, 0.2) is 23.1 Å². The number of nitrogens with zero attached hydrogens (tertiary/aromatic N) is 3. The molecule has 2 N–H and O–H groups in total. The second kappa shape index (κ2) is 9.18. The highest BCUT2D eigenvalue weighted by Crippen LogP contribution is 2.25. The molecule has 3 aromatic heterocycles. The van der Waals surface area contributed by atoms with Crippen molar-refractivity contribution in [1.29, 1.82) is 0 Å². The lowest BCUT2D eigenvalue weighted by Crippen LogP contribution is -2.33. The summed E-state index contributed by atoms with van der Waals surface area (Å²) in [5.41, 5.74) is 1.82. The van der Waals surface area contributed by atoms with E-state index in [1.165, 1.54) is 24.2 Å². The minimum atomic E-state index is -0.128. The number of piperidine rings is 1. The Morgan fingerprint density at radius 3 is 2.77 bits per heavy atom. The predicted molar refractivity (Wildman–Crippen MR) is 125 cm³/mol. The van der Waals surface area contributed by atoms with Gasteiger partial charge in [0, 0.05) is 43.5 Å². The second-order valence-electron chi connectivity index (χ2n) is 8.45. The van der Waals surface area contributed by atoms with Crippen molar-refractivity contribution in [2.45, 2.75) is 53.0 Å². The van der Waals surface area contributed by atoms with E-state index in [4.69, 9.17) is 0 Å². The van der Waals surface area contributed by atoms with Gasteiger partial charge in [0.2, 0.25) is 5.91 Å². The van der Waals surface area contributed by atoms with Gasteiger partial charge in [0.1, 0.15) is 16.5 Å². The van der Waals surface area contributed by atoms with Crippen molar-refractivity contribution in [2.75, 3.05) is 18.0 Å². The Bertz CT molecular complexity index is 1130. The van der Waals surface area contributed by atoms with E-state index >= 15 is 0 Å². The van der Waals surface area contributed by atoms with E-state index in [-0.39, 0.29) is 17.9 Å². The van der Waals surface area contributed by atoms with Crippen molar-refractivity contribution in [3.05, 3.63) is 50.5 Å². The molecule has 0 radical (unpaired) electrons. The lowest BCUT2D eigenvalue weighted by molar-refractivity contribution is -0.121. The van der Waals surface area contributed by atoms with E-state index in [1.54, 1.807) is 0 Å². The van der Waals surface area contributed by atoms with Gasteiger partial charge in [0.15, 0.2) is 0 Å². The Kier molecular flexibility index (Phi) is 6.36. The SMILES string of the molecule is Cc1sc2nc(CCC(=O)NCc3ccc(N4CCC(C)CC4)nc3)[nH]c(=O)c2c1C. The lowest BCUT2D eigenvalue weighted by Gasteiger charge is -2.31. The maximum absolute atomic E-state index is 12.3. The van der Waals surface area contributed by atoms with Crippen LogP contribution in [0.5, 0.6) is 0 Å². The van der Waals surface area contributed by atoms with Gasteiger partial charge in [-0.3, -0.25) is 9.59 Å². The molecule has 3 aromatic rings. The van der Waals surface area contributed by atoms with Crippen LogP contribution >= 0.6 is 11.3 Å². The number of pyridine rings is 1. The van der Waals surface area contributed by atoms with E-state index in [9.17, 15) is 9.59 Å². The third-order valence-corrected chi connectivity index (χ3v) is 7.18. The number of carbonyl (C=O) groups excluding carboxylic acids is 1. The Balaban J connectivity index is 1.28. The van der Waals surface area contributed by atoms with Gasteiger partial charge in [-0.15, -0.1) is 11.3 Å². The number of aromatic nitrogens is 3. The summed E-state index contributed by atoms with van der Waals surface area (Å²) in [4.78, 5) is 40.7. The highest BCUT2D eigenvalue weighted by atomic mass is 32.1. The number of H-pyrrole nitrogens is 1. The molecular formula is C23H29N5O2S. The van der Waals surface area contributed by atoms with Crippen LogP contribution < -0.4 is 15.8 Å². The molecule has 0 aromatic carbocycles. The molecule has 1 aliphatic heterocycles. The number of thiophene rings is 1. The number of carbonyl (C=O) groups is 1. The first-order valence-corrected chi connectivity index (χ1v) is 11.7. The smallest absolute Gasteiger partial charge is 0.259 e. The summed E-state index contributed by atoms with van der Waals surface area (Å²) in [7, 11) is 0. The Morgan fingerprint density at radius 2 is 2.06 bits per heavy atom. The molecular weight excluding hydrogens is 410 g/mol. The van der Waals surface area contributed by atoms with Crippen LogP contribution in [0.4, 0.5) is 5.82 Å². The first-order valence-electron chi connectivity index (χ1n) is 10.9. The van der Waals surface area contributed by atoms with Crippen LogP contribution in [0.3, 0.4) is 0 Å². The number of hydrogen-bond donors (Lipinski definition) is 2. The molecule has 4 heterocycles. The van der Waals surface area contributed by atoms with Gasteiger partial charge in [0.05, 0.1) is 5.39 Å².